The molecule has 0 saturated carbocycles. The quantitative estimate of drug-likeness (QED) is 0.626. The summed E-state index contributed by atoms with van der Waals surface area (Å²) in [5.74, 6) is 0.551. The van der Waals surface area contributed by atoms with E-state index in [2.05, 4.69) is 5.32 Å². The number of amides is 1. The summed E-state index contributed by atoms with van der Waals surface area (Å²) >= 11 is 0. The van der Waals surface area contributed by atoms with Crippen LogP contribution in [0.4, 0.5) is 0 Å². The topological polar surface area (TPSA) is 64.3 Å². The molecule has 0 aromatic carbocycles. The summed E-state index contributed by atoms with van der Waals surface area (Å²) in [6.07, 6.45) is 3.66. The zero-order valence-electron chi connectivity index (χ0n) is 8.63. The third-order valence-corrected chi connectivity index (χ3v) is 2.43. The van der Waals surface area contributed by atoms with Crippen molar-refractivity contribution in [2.45, 2.75) is 25.7 Å². The van der Waals surface area contributed by atoms with Gasteiger partial charge in [-0.1, -0.05) is 0 Å². The zero-order chi connectivity index (χ0) is 10.2. The fourth-order valence-electron chi connectivity index (χ4n) is 1.63. The number of nitrogens with one attached hydrogen (secondary N) is 1. The van der Waals surface area contributed by atoms with Gasteiger partial charge in [-0.3, -0.25) is 4.79 Å². The van der Waals surface area contributed by atoms with E-state index in [0.29, 0.717) is 25.4 Å². The molecular formula is C10H20N2O2. The predicted octanol–water partition coefficient (Wildman–Crippen LogP) is 0.268. The van der Waals surface area contributed by atoms with E-state index in [1.54, 1.807) is 0 Å². The van der Waals surface area contributed by atoms with E-state index in [1.807, 2.05) is 0 Å². The summed E-state index contributed by atoms with van der Waals surface area (Å²) in [7, 11) is 0. The van der Waals surface area contributed by atoms with Crippen LogP contribution in [0.1, 0.15) is 25.7 Å². The van der Waals surface area contributed by atoms with Gasteiger partial charge in [0, 0.05) is 26.2 Å². The molecule has 0 aliphatic carbocycles. The van der Waals surface area contributed by atoms with E-state index >= 15 is 0 Å². The fraction of sp³-hybridized carbons (Fsp3) is 0.900. The van der Waals surface area contributed by atoms with Crippen molar-refractivity contribution in [1.29, 1.82) is 0 Å². The molecule has 0 radical (unpaired) electrons. The number of hydrogen-bond donors (Lipinski definition) is 2. The lowest BCUT2D eigenvalue weighted by molar-refractivity contribution is -0.123. The van der Waals surface area contributed by atoms with Crippen LogP contribution in [0.3, 0.4) is 0 Å². The summed E-state index contributed by atoms with van der Waals surface area (Å²) in [5.41, 5.74) is 5.33. The van der Waals surface area contributed by atoms with E-state index in [9.17, 15) is 4.79 Å². The van der Waals surface area contributed by atoms with E-state index in [0.717, 1.165) is 32.5 Å². The van der Waals surface area contributed by atoms with Crippen molar-refractivity contribution in [1.82, 2.24) is 5.32 Å². The zero-order valence-corrected chi connectivity index (χ0v) is 8.63. The van der Waals surface area contributed by atoms with Gasteiger partial charge >= 0.3 is 0 Å². The molecule has 1 fully saturated rings. The fourth-order valence-corrected chi connectivity index (χ4v) is 1.63. The lowest BCUT2D eigenvalue weighted by atomic mass is 9.98. The first kappa shape index (κ1) is 11.5. The first-order chi connectivity index (χ1) is 6.83. The number of hydrogen-bond acceptors (Lipinski definition) is 3. The minimum atomic E-state index is 0.133. The SMILES string of the molecule is NCCCNC(=O)CC1CCCOC1. The van der Waals surface area contributed by atoms with E-state index in [-0.39, 0.29) is 5.91 Å². The van der Waals surface area contributed by atoms with Crippen molar-refractivity contribution in [2.24, 2.45) is 11.7 Å². The molecule has 1 aliphatic rings. The highest BCUT2D eigenvalue weighted by molar-refractivity contribution is 5.76. The van der Waals surface area contributed by atoms with Crippen molar-refractivity contribution in [3.63, 3.8) is 0 Å². The second-order valence-electron chi connectivity index (χ2n) is 3.78. The Morgan fingerprint density at radius 3 is 3.07 bits per heavy atom. The summed E-state index contributed by atoms with van der Waals surface area (Å²) in [6.45, 7) is 2.92. The van der Waals surface area contributed by atoms with Crippen LogP contribution in [0.15, 0.2) is 0 Å². The van der Waals surface area contributed by atoms with Gasteiger partial charge in [0.15, 0.2) is 0 Å². The molecule has 0 aromatic rings. The molecule has 0 bridgehead atoms. The van der Waals surface area contributed by atoms with E-state index in [4.69, 9.17) is 10.5 Å². The van der Waals surface area contributed by atoms with E-state index < -0.39 is 0 Å². The van der Waals surface area contributed by atoms with Gasteiger partial charge in [0.1, 0.15) is 0 Å². The summed E-state index contributed by atoms with van der Waals surface area (Å²) in [5, 5.41) is 2.86. The van der Waals surface area contributed by atoms with Crippen LogP contribution in [0.25, 0.3) is 0 Å². The Hall–Kier alpha value is -0.610. The maximum atomic E-state index is 11.4. The molecule has 1 aliphatic heterocycles. The lowest BCUT2D eigenvalue weighted by Gasteiger charge is -2.21. The van der Waals surface area contributed by atoms with Gasteiger partial charge in [-0.2, -0.15) is 0 Å². The molecule has 1 heterocycles. The van der Waals surface area contributed by atoms with Gasteiger partial charge in [0.05, 0.1) is 0 Å². The van der Waals surface area contributed by atoms with Gasteiger partial charge in [0.2, 0.25) is 5.91 Å². The molecule has 0 spiro atoms. The number of nitrogens with two attached hydrogens (primary N) is 1. The molecule has 4 nitrogen and oxygen atoms in total. The van der Waals surface area contributed by atoms with Gasteiger partial charge in [0.25, 0.3) is 0 Å². The average molecular weight is 200 g/mol. The molecule has 4 heteroatoms. The van der Waals surface area contributed by atoms with Gasteiger partial charge in [-0.05, 0) is 31.7 Å². The van der Waals surface area contributed by atoms with Crippen LogP contribution in [0.5, 0.6) is 0 Å². The van der Waals surface area contributed by atoms with Crippen LogP contribution >= 0.6 is 0 Å². The Balaban J connectivity index is 2.06. The highest BCUT2D eigenvalue weighted by atomic mass is 16.5. The smallest absolute Gasteiger partial charge is 0.220 e. The van der Waals surface area contributed by atoms with Crippen LogP contribution in [-0.2, 0) is 9.53 Å². The normalized spacial score (nSPS) is 21.9. The maximum absolute atomic E-state index is 11.4. The summed E-state index contributed by atoms with van der Waals surface area (Å²) in [4.78, 5) is 11.4. The van der Waals surface area contributed by atoms with Crippen LogP contribution < -0.4 is 11.1 Å². The van der Waals surface area contributed by atoms with Crippen molar-refractivity contribution < 1.29 is 9.53 Å². The Bertz CT molecular complexity index is 168. The first-order valence-corrected chi connectivity index (χ1v) is 5.37. The highest BCUT2D eigenvalue weighted by Crippen LogP contribution is 2.16. The Labute approximate surface area is 85.2 Å². The standard InChI is InChI=1S/C10H20N2O2/c11-4-2-5-12-10(13)7-9-3-1-6-14-8-9/h9H,1-8,11H2,(H,12,13). The van der Waals surface area contributed by atoms with Crippen molar-refractivity contribution in [3.05, 3.63) is 0 Å². The maximum Gasteiger partial charge on any atom is 0.220 e. The third-order valence-electron chi connectivity index (χ3n) is 2.43. The highest BCUT2D eigenvalue weighted by Gasteiger charge is 2.16. The minimum Gasteiger partial charge on any atom is -0.381 e. The molecule has 1 amide bonds. The van der Waals surface area contributed by atoms with Crippen molar-refractivity contribution >= 4 is 5.91 Å². The Kier molecular flexibility index (Phi) is 5.56. The molecule has 1 saturated heterocycles. The first-order valence-electron chi connectivity index (χ1n) is 5.37. The van der Waals surface area contributed by atoms with Crippen LogP contribution in [0.2, 0.25) is 0 Å². The molecule has 1 unspecified atom stereocenters. The molecule has 14 heavy (non-hydrogen) atoms. The molecule has 0 aromatic heterocycles. The number of ether oxygens (including phenoxy) is 1. The Morgan fingerprint density at radius 2 is 2.43 bits per heavy atom. The van der Waals surface area contributed by atoms with E-state index in [1.165, 1.54) is 0 Å². The second kappa shape index (κ2) is 6.79. The molecule has 82 valence electrons. The van der Waals surface area contributed by atoms with Crippen LogP contribution in [0, 0.1) is 5.92 Å². The monoisotopic (exact) mass is 200 g/mol. The number of carbonyl (C=O) groups excluding carboxylic acids is 1. The Morgan fingerprint density at radius 1 is 1.57 bits per heavy atom. The number of carbonyl (C=O) groups is 1. The molecule has 1 rings (SSSR count). The van der Waals surface area contributed by atoms with Crippen molar-refractivity contribution in [2.75, 3.05) is 26.3 Å². The second-order valence-corrected chi connectivity index (χ2v) is 3.78. The predicted molar refractivity (Wildman–Crippen MR) is 54.8 cm³/mol. The largest absolute Gasteiger partial charge is 0.381 e. The molecule has 1 atom stereocenters. The number of rotatable bonds is 5. The minimum absolute atomic E-state index is 0.133. The third kappa shape index (κ3) is 4.58. The molecular weight excluding hydrogens is 180 g/mol. The van der Waals surface area contributed by atoms with Gasteiger partial charge < -0.3 is 15.8 Å². The van der Waals surface area contributed by atoms with Crippen LogP contribution in [-0.4, -0.2) is 32.2 Å². The van der Waals surface area contributed by atoms with Gasteiger partial charge in [-0.25, -0.2) is 0 Å². The molecule has 3 N–H and O–H groups in total. The summed E-state index contributed by atoms with van der Waals surface area (Å²) < 4.78 is 5.31. The van der Waals surface area contributed by atoms with Crippen molar-refractivity contribution in [3.8, 4) is 0 Å². The summed E-state index contributed by atoms with van der Waals surface area (Å²) in [6, 6.07) is 0. The lowest BCUT2D eigenvalue weighted by Crippen LogP contribution is -2.30. The van der Waals surface area contributed by atoms with Gasteiger partial charge in [-0.15, -0.1) is 0 Å². The average Bonchev–Trinajstić information content (AvgIpc) is 2.20.